The zero-order chi connectivity index (χ0) is 18.0. The highest BCUT2D eigenvalue weighted by atomic mass is 19.1. The molecule has 25 heavy (non-hydrogen) atoms. The number of aromatic nitrogens is 1. The van der Waals surface area contributed by atoms with Crippen LogP contribution in [0.15, 0.2) is 36.5 Å². The maximum atomic E-state index is 13.0. The molecule has 0 atom stereocenters. The third kappa shape index (κ3) is 3.57. The molecule has 1 fully saturated rings. The van der Waals surface area contributed by atoms with E-state index in [4.69, 9.17) is 0 Å². The molecule has 1 aromatic carbocycles. The van der Waals surface area contributed by atoms with Gasteiger partial charge in [-0.1, -0.05) is 0 Å². The maximum Gasteiger partial charge on any atom is 0.287 e. The average Bonchev–Trinajstić information content (AvgIpc) is 2.62. The molecule has 0 bridgehead atoms. The molecule has 0 radical (unpaired) electrons. The van der Waals surface area contributed by atoms with E-state index in [0.717, 1.165) is 5.56 Å². The van der Waals surface area contributed by atoms with Crippen LogP contribution in [0.25, 0.3) is 0 Å². The van der Waals surface area contributed by atoms with Crippen LogP contribution in [0.3, 0.4) is 0 Å². The van der Waals surface area contributed by atoms with E-state index in [2.05, 4.69) is 4.98 Å². The first-order valence-electron chi connectivity index (χ1n) is 7.86. The third-order valence-corrected chi connectivity index (χ3v) is 4.20. The molecule has 0 unspecified atom stereocenters. The van der Waals surface area contributed by atoms with Crippen molar-refractivity contribution in [1.82, 2.24) is 9.88 Å². The van der Waals surface area contributed by atoms with Crippen LogP contribution in [-0.4, -0.2) is 46.9 Å². The summed E-state index contributed by atoms with van der Waals surface area (Å²) < 4.78 is 13.0. The summed E-state index contributed by atoms with van der Waals surface area (Å²) in [4.78, 5) is 30.7. The minimum Gasteiger partial charge on any atom is -0.353 e. The third-order valence-electron chi connectivity index (χ3n) is 4.20. The normalized spacial score (nSPS) is 14.5. The van der Waals surface area contributed by atoms with Gasteiger partial charge in [0.1, 0.15) is 17.8 Å². The first-order chi connectivity index (χ1) is 12.0. The number of nitrogens with zero attached hydrogens (tertiary/aromatic N) is 4. The summed E-state index contributed by atoms with van der Waals surface area (Å²) >= 11 is 0. The highest BCUT2D eigenvalue weighted by molar-refractivity contribution is 5.94. The van der Waals surface area contributed by atoms with Gasteiger partial charge in [0, 0.05) is 37.8 Å². The molecule has 2 aromatic rings. The standard InChI is InChI=1S/C17H17FN4O3/c1-12-10-15(22(24)25)11-19-16(12)20-6-8-21(9-7-20)17(23)13-2-4-14(18)5-3-13/h2-5,10-11H,6-9H2,1H3. The molecule has 130 valence electrons. The fourth-order valence-electron chi connectivity index (χ4n) is 2.88. The second kappa shape index (κ2) is 6.84. The molecule has 0 saturated carbocycles. The number of pyridine rings is 1. The number of halogens is 1. The number of nitro groups is 1. The Morgan fingerprint density at radius 1 is 1.20 bits per heavy atom. The lowest BCUT2D eigenvalue weighted by molar-refractivity contribution is -0.385. The molecule has 2 heterocycles. The van der Waals surface area contributed by atoms with Gasteiger partial charge < -0.3 is 9.80 Å². The van der Waals surface area contributed by atoms with Crippen LogP contribution in [0, 0.1) is 22.9 Å². The second-order valence-electron chi connectivity index (χ2n) is 5.88. The van der Waals surface area contributed by atoms with Gasteiger partial charge in [0.25, 0.3) is 11.6 Å². The van der Waals surface area contributed by atoms with Crippen molar-refractivity contribution in [2.24, 2.45) is 0 Å². The topological polar surface area (TPSA) is 79.6 Å². The van der Waals surface area contributed by atoms with Crippen LogP contribution in [-0.2, 0) is 0 Å². The Bertz CT molecular complexity index is 802. The first kappa shape index (κ1) is 16.8. The van der Waals surface area contributed by atoms with E-state index in [1.165, 1.54) is 36.5 Å². The number of benzene rings is 1. The van der Waals surface area contributed by atoms with Crippen LogP contribution in [0.5, 0.6) is 0 Å². The van der Waals surface area contributed by atoms with Crippen LogP contribution < -0.4 is 4.90 Å². The molecule has 1 aliphatic rings. The van der Waals surface area contributed by atoms with Gasteiger partial charge in [-0.2, -0.15) is 0 Å². The smallest absolute Gasteiger partial charge is 0.287 e. The van der Waals surface area contributed by atoms with Crippen molar-refractivity contribution < 1.29 is 14.1 Å². The van der Waals surface area contributed by atoms with Crippen molar-refractivity contribution in [1.29, 1.82) is 0 Å². The van der Waals surface area contributed by atoms with E-state index in [9.17, 15) is 19.3 Å². The minimum absolute atomic E-state index is 0.0358. The van der Waals surface area contributed by atoms with Crippen LogP contribution in [0.1, 0.15) is 15.9 Å². The summed E-state index contributed by atoms with van der Waals surface area (Å²) in [7, 11) is 0. The van der Waals surface area contributed by atoms with Crippen LogP contribution >= 0.6 is 0 Å². The van der Waals surface area contributed by atoms with E-state index in [1.807, 2.05) is 4.90 Å². The Hall–Kier alpha value is -3.03. The molecule has 8 heteroatoms. The van der Waals surface area contributed by atoms with Gasteiger partial charge >= 0.3 is 0 Å². The molecular formula is C17H17FN4O3. The highest BCUT2D eigenvalue weighted by Crippen LogP contribution is 2.23. The monoisotopic (exact) mass is 344 g/mol. The Balaban J connectivity index is 1.66. The van der Waals surface area contributed by atoms with Crippen molar-refractivity contribution in [2.75, 3.05) is 31.1 Å². The number of hydrogen-bond acceptors (Lipinski definition) is 5. The summed E-state index contributed by atoms with van der Waals surface area (Å²) in [6.45, 7) is 3.96. The van der Waals surface area contributed by atoms with Crippen molar-refractivity contribution >= 4 is 17.4 Å². The van der Waals surface area contributed by atoms with Crippen molar-refractivity contribution in [2.45, 2.75) is 6.92 Å². The van der Waals surface area contributed by atoms with E-state index in [-0.39, 0.29) is 17.4 Å². The number of carbonyl (C=O) groups is 1. The van der Waals surface area contributed by atoms with Crippen LogP contribution in [0.2, 0.25) is 0 Å². The molecule has 1 aromatic heterocycles. The molecule has 3 rings (SSSR count). The maximum absolute atomic E-state index is 13.0. The predicted octanol–water partition coefficient (Wildman–Crippen LogP) is 2.40. The Labute approximate surface area is 143 Å². The zero-order valence-electron chi connectivity index (χ0n) is 13.7. The Kier molecular flexibility index (Phi) is 4.60. The fraction of sp³-hybridized carbons (Fsp3) is 0.294. The molecule has 7 nitrogen and oxygen atoms in total. The van der Waals surface area contributed by atoms with Gasteiger partial charge in [-0.3, -0.25) is 14.9 Å². The number of aryl methyl sites for hydroxylation is 1. The minimum atomic E-state index is -0.469. The van der Waals surface area contributed by atoms with Crippen molar-refractivity contribution in [3.05, 3.63) is 63.6 Å². The zero-order valence-corrected chi connectivity index (χ0v) is 13.7. The lowest BCUT2D eigenvalue weighted by Gasteiger charge is -2.36. The summed E-state index contributed by atoms with van der Waals surface area (Å²) in [6, 6.07) is 7.00. The molecule has 0 aliphatic carbocycles. The summed E-state index contributed by atoms with van der Waals surface area (Å²) in [5, 5.41) is 10.8. The number of anilines is 1. The van der Waals surface area contributed by atoms with Gasteiger partial charge in [-0.05, 0) is 36.8 Å². The van der Waals surface area contributed by atoms with Gasteiger partial charge in [-0.15, -0.1) is 0 Å². The van der Waals surface area contributed by atoms with Crippen molar-refractivity contribution in [3.63, 3.8) is 0 Å². The fourth-order valence-corrected chi connectivity index (χ4v) is 2.88. The van der Waals surface area contributed by atoms with Gasteiger partial charge in [0.15, 0.2) is 0 Å². The molecule has 0 spiro atoms. The number of carbonyl (C=O) groups excluding carboxylic acids is 1. The van der Waals surface area contributed by atoms with E-state index >= 15 is 0 Å². The number of piperazine rings is 1. The summed E-state index contributed by atoms with van der Waals surface area (Å²) in [6.07, 6.45) is 1.25. The number of amides is 1. The SMILES string of the molecule is Cc1cc([N+](=O)[O-])cnc1N1CCN(C(=O)c2ccc(F)cc2)CC1. The quantitative estimate of drug-likeness (QED) is 0.631. The molecule has 0 N–H and O–H groups in total. The largest absolute Gasteiger partial charge is 0.353 e. The molecule has 1 aliphatic heterocycles. The molecule has 1 amide bonds. The van der Waals surface area contributed by atoms with Gasteiger partial charge in [0.2, 0.25) is 0 Å². The number of hydrogen-bond donors (Lipinski definition) is 0. The second-order valence-corrected chi connectivity index (χ2v) is 5.88. The molecule has 1 saturated heterocycles. The van der Waals surface area contributed by atoms with E-state index in [0.29, 0.717) is 37.6 Å². The average molecular weight is 344 g/mol. The summed E-state index contributed by atoms with van der Waals surface area (Å²) in [5.74, 6) is 0.189. The van der Waals surface area contributed by atoms with Crippen LogP contribution in [0.4, 0.5) is 15.9 Å². The van der Waals surface area contributed by atoms with Gasteiger partial charge in [-0.25, -0.2) is 9.37 Å². The Morgan fingerprint density at radius 2 is 1.84 bits per heavy atom. The van der Waals surface area contributed by atoms with E-state index < -0.39 is 4.92 Å². The first-order valence-corrected chi connectivity index (χ1v) is 7.86. The lowest BCUT2D eigenvalue weighted by atomic mass is 10.1. The molecular weight excluding hydrogens is 327 g/mol. The lowest BCUT2D eigenvalue weighted by Crippen LogP contribution is -2.49. The Morgan fingerprint density at radius 3 is 2.40 bits per heavy atom. The predicted molar refractivity (Wildman–Crippen MR) is 90.1 cm³/mol. The van der Waals surface area contributed by atoms with Gasteiger partial charge in [0.05, 0.1) is 4.92 Å². The highest BCUT2D eigenvalue weighted by Gasteiger charge is 2.24. The van der Waals surface area contributed by atoms with Crippen molar-refractivity contribution in [3.8, 4) is 0 Å². The van der Waals surface area contributed by atoms with E-state index in [1.54, 1.807) is 11.8 Å². The number of rotatable bonds is 3. The summed E-state index contributed by atoms with van der Waals surface area (Å²) in [5.41, 5.74) is 1.15.